The maximum atomic E-state index is 6.52. The second kappa shape index (κ2) is 10.4. The average molecular weight is 606 g/mol. The molecular weight excluding hydrogens is 573 g/mol. The molecular formula is C42H32BN3O. The van der Waals surface area contributed by atoms with Crippen LogP contribution in [0, 0.1) is 0 Å². The largest absolute Gasteiger partial charge is 0.456 e. The Balaban J connectivity index is 1.24. The minimum Gasteiger partial charge on any atom is -0.456 e. The molecule has 3 unspecified atom stereocenters. The summed E-state index contributed by atoms with van der Waals surface area (Å²) in [6.07, 6.45) is 15.0. The Kier molecular flexibility index (Phi) is 5.89. The highest BCUT2D eigenvalue weighted by molar-refractivity contribution is 6.92. The van der Waals surface area contributed by atoms with Gasteiger partial charge in [0.05, 0.1) is 12.1 Å². The van der Waals surface area contributed by atoms with Gasteiger partial charge in [0.25, 0.3) is 0 Å². The van der Waals surface area contributed by atoms with Gasteiger partial charge < -0.3 is 19.5 Å². The molecule has 0 saturated heterocycles. The van der Waals surface area contributed by atoms with Crippen molar-refractivity contribution < 1.29 is 4.42 Å². The van der Waals surface area contributed by atoms with Crippen molar-refractivity contribution in [1.82, 2.24) is 0 Å². The molecule has 5 aromatic carbocycles. The minimum atomic E-state index is 0.134. The van der Waals surface area contributed by atoms with Crippen molar-refractivity contribution in [3.05, 3.63) is 156 Å². The lowest BCUT2D eigenvalue weighted by molar-refractivity contribution is 0.559. The number of hydrogen-bond donors (Lipinski definition) is 1. The first-order chi connectivity index (χ1) is 23.3. The Morgan fingerprint density at radius 3 is 2.36 bits per heavy atom. The second-order valence-corrected chi connectivity index (χ2v) is 12.9. The van der Waals surface area contributed by atoms with E-state index in [4.69, 9.17) is 4.42 Å². The number of nitrogens with zero attached hydrogens (tertiary/aromatic N) is 2. The molecule has 0 fully saturated rings. The van der Waals surface area contributed by atoms with Crippen molar-refractivity contribution in [2.75, 3.05) is 15.1 Å². The Morgan fingerprint density at radius 2 is 1.51 bits per heavy atom. The highest BCUT2D eigenvalue weighted by Crippen LogP contribution is 2.46. The van der Waals surface area contributed by atoms with Gasteiger partial charge in [0, 0.05) is 44.7 Å². The van der Waals surface area contributed by atoms with Crippen molar-refractivity contribution in [3.8, 4) is 0 Å². The Hall–Kier alpha value is -5.68. The van der Waals surface area contributed by atoms with Crippen LogP contribution < -0.4 is 36.7 Å². The summed E-state index contributed by atoms with van der Waals surface area (Å²) >= 11 is 0. The molecule has 2 aliphatic carbocycles. The number of nitrogens with one attached hydrogen (secondary N) is 1. The Labute approximate surface area is 274 Å². The molecule has 2 aliphatic heterocycles. The van der Waals surface area contributed by atoms with Gasteiger partial charge in [0.2, 0.25) is 6.71 Å². The highest BCUT2D eigenvalue weighted by Gasteiger charge is 2.49. The van der Waals surface area contributed by atoms with Crippen LogP contribution in [0.1, 0.15) is 6.42 Å². The molecule has 47 heavy (non-hydrogen) atoms. The molecule has 3 atom stereocenters. The molecule has 6 aromatic rings. The first-order valence-electron chi connectivity index (χ1n) is 16.6. The van der Waals surface area contributed by atoms with E-state index in [9.17, 15) is 0 Å². The van der Waals surface area contributed by atoms with Gasteiger partial charge in [-0.1, -0.05) is 97.1 Å². The summed E-state index contributed by atoms with van der Waals surface area (Å²) in [5.41, 5.74) is 11.8. The highest BCUT2D eigenvalue weighted by atomic mass is 16.3. The number of hydrogen-bond acceptors (Lipinski definition) is 4. The van der Waals surface area contributed by atoms with Crippen molar-refractivity contribution >= 4 is 74.9 Å². The van der Waals surface area contributed by atoms with Gasteiger partial charge in [-0.05, 0) is 83.8 Å². The van der Waals surface area contributed by atoms with Crippen LogP contribution in [0.3, 0.4) is 0 Å². The van der Waals surface area contributed by atoms with Crippen LogP contribution >= 0.6 is 0 Å². The summed E-state index contributed by atoms with van der Waals surface area (Å²) in [4.78, 5) is 5.15. The van der Waals surface area contributed by atoms with Crippen molar-refractivity contribution in [1.29, 1.82) is 0 Å². The predicted octanol–water partition coefficient (Wildman–Crippen LogP) is 7.29. The normalized spacial score (nSPS) is 20.1. The van der Waals surface area contributed by atoms with E-state index in [0.29, 0.717) is 0 Å². The molecule has 0 spiro atoms. The quantitative estimate of drug-likeness (QED) is 0.214. The first-order valence-corrected chi connectivity index (χ1v) is 16.6. The number of fused-ring (bicyclic) bond motifs is 7. The van der Waals surface area contributed by atoms with E-state index in [-0.39, 0.29) is 24.6 Å². The second-order valence-electron chi connectivity index (χ2n) is 12.9. The van der Waals surface area contributed by atoms with Gasteiger partial charge in [-0.3, -0.25) is 0 Å². The smallest absolute Gasteiger partial charge is 0.226 e. The molecule has 5 heteroatoms. The molecule has 0 bridgehead atoms. The van der Waals surface area contributed by atoms with Crippen LogP contribution in [-0.4, -0.2) is 18.8 Å². The van der Waals surface area contributed by atoms with E-state index in [1.54, 1.807) is 0 Å². The number of benzene rings is 5. The molecule has 0 radical (unpaired) electrons. The van der Waals surface area contributed by atoms with Gasteiger partial charge in [-0.15, -0.1) is 0 Å². The fraction of sp³-hybridized carbons (Fsp3) is 0.0952. The molecule has 1 aromatic heterocycles. The number of allylic oxidation sites excluding steroid dienone is 2. The zero-order chi connectivity index (χ0) is 30.9. The summed E-state index contributed by atoms with van der Waals surface area (Å²) in [5, 5.41) is 6.08. The molecule has 1 N–H and O–H groups in total. The van der Waals surface area contributed by atoms with Crippen LogP contribution in [0.2, 0.25) is 5.82 Å². The van der Waals surface area contributed by atoms with E-state index in [1.807, 2.05) is 0 Å². The molecule has 0 saturated carbocycles. The van der Waals surface area contributed by atoms with Gasteiger partial charge >= 0.3 is 0 Å². The lowest BCUT2D eigenvalue weighted by atomic mass is 9.29. The zero-order valence-corrected chi connectivity index (χ0v) is 25.8. The van der Waals surface area contributed by atoms with Gasteiger partial charge in [0.15, 0.2) is 0 Å². The third kappa shape index (κ3) is 4.09. The number of rotatable bonds is 4. The molecule has 224 valence electrons. The van der Waals surface area contributed by atoms with Crippen molar-refractivity contribution in [2.24, 2.45) is 0 Å². The Morgan fingerprint density at radius 1 is 0.702 bits per heavy atom. The molecule has 4 nitrogen and oxygen atoms in total. The third-order valence-corrected chi connectivity index (χ3v) is 10.3. The van der Waals surface area contributed by atoms with Crippen LogP contribution in [0.5, 0.6) is 0 Å². The summed E-state index contributed by atoms with van der Waals surface area (Å²) in [6, 6.07) is 44.0. The molecule has 3 heterocycles. The standard InChI is InChI=1S/C42H32BN3O/c1-4-13-28(14-5-1)44-29-23-24-34-38(25-29)45(30-15-6-2-7-16-30)36-20-12-21-37-42(36)43(34)35-26-33-32-19-10-11-22-40(32)47-41(33)27-39(35)46(37)31-17-8-3-9-18-31/h1-17,19-27,31,35,39,44H,18H2. The minimum absolute atomic E-state index is 0.134. The van der Waals surface area contributed by atoms with Crippen LogP contribution in [0.4, 0.5) is 34.1 Å². The molecule has 10 rings (SSSR count). The maximum Gasteiger partial charge on any atom is 0.226 e. The van der Waals surface area contributed by atoms with Gasteiger partial charge in [0.1, 0.15) is 11.0 Å². The lowest BCUT2D eigenvalue weighted by Crippen LogP contribution is -2.65. The fourth-order valence-corrected chi connectivity index (χ4v) is 8.42. The monoisotopic (exact) mass is 605 g/mol. The third-order valence-electron chi connectivity index (χ3n) is 10.3. The topological polar surface area (TPSA) is 31.6 Å². The lowest BCUT2D eigenvalue weighted by Gasteiger charge is -2.51. The van der Waals surface area contributed by atoms with Crippen molar-refractivity contribution in [3.63, 3.8) is 0 Å². The number of anilines is 6. The summed E-state index contributed by atoms with van der Waals surface area (Å²) in [7, 11) is 0. The SMILES string of the molecule is C1=CCC(N2c3cccc4c3B(c3ccc(Nc5ccccc5)cc3N4c3ccccc3)C3C=c4c(oc5ccccc45)=CC32)C=C1. The van der Waals surface area contributed by atoms with E-state index >= 15 is 0 Å². The molecule has 4 aliphatic rings. The average Bonchev–Trinajstić information content (AvgIpc) is 3.49. The predicted molar refractivity (Wildman–Crippen MR) is 197 cm³/mol. The first kappa shape index (κ1) is 26.5. The zero-order valence-electron chi connectivity index (χ0n) is 25.8. The molecule has 0 amide bonds. The Bertz CT molecular complexity index is 2360. The van der Waals surface area contributed by atoms with E-state index < -0.39 is 0 Å². The van der Waals surface area contributed by atoms with Crippen LogP contribution in [-0.2, 0) is 0 Å². The number of furan rings is 1. The van der Waals surface area contributed by atoms with Crippen LogP contribution in [0.25, 0.3) is 23.1 Å². The van der Waals surface area contributed by atoms with Crippen LogP contribution in [0.15, 0.2) is 150 Å². The summed E-state index contributed by atoms with van der Waals surface area (Å²) < 4.78 is 6.52. The van der Waals surface area contributed by atoms with Crippen molar-refractivity contribution in [2.45, 2.75) is 24.3 Å². The number of para-hydroxylation sites is 3. The summed E-state index contributed by atoms with van der Waals surface area (Å²) in [6.45, 7) is 0.171. The van der Waals surface area contributed by atoms with E-state index in [0.717, 1.165) is 34.5 Å². The summed E-state index contributed by atoms with van der Waals surface area (Å²) in [5.74, 6) is 0.209. The maximum absolute atomic E-state index is 6.52. The fourth-order valence-electron chi connectivity index (χ4n) is 8.42. The van der Waals surface area contributed by atoms with E-state index in [2.05, 4.69) is 173 Å². The van der Waals surface area contributed by atoms with E-state index in [1.165, 1.54) is 38.6 Å². The van der Waals surface area contributed by atoms with Gasteiger partial charge in [-0.25, -0.2) is 0 Å². The van der Waals surface area contributed by atoms with Gasteiger partial charge in [-0.2, -0.15) is 0 Å².